The summed E-state index contributed by atoms with van der Waals surface area (Å²) in [6, 6.07) is 2.32. The van der Waals surface area contributed by atoms with Crippen molar-refractivity contribution in [2.45, 2.75) is 58.4 Å². The number of rotatable bonds is 12. The Labute approximate surface area is 201 Å². The van der Waals surface area contributed by atoms with Crippen LogP contribution in [0.4, 0.5) is 11.8 Å². The average Bonchev–Trinajstić information content (AvgIpc) is 3.54. The molecule has 1 fully saturated rings. The van der Waals surface area contributed by atoms with Crippen LogP contribution in [0.25, 0.3) is 20.8 Å². The number of aliphatic hydroxyl groups is 1. The van der Waals surface area contributed by atoms with Crippen LogP contribution in [0.1, 0.15) is 50.4 Å². The van der Waals surface area contributed by atoms with Gasteiger partial charge in [0.25, 0.3) is 0 Å². The van der Waals surface area contributed by atoms with Crippen molar-refractivity contribution >= 4 is 39.3 Å². The van der Waals surface area contributed by atoms with Gasteiger partial charge >= 0.3 is 5.97 Å². The third-order valence-electron chi connectivity index (χ3n) is 5.95. The molecule has 3 heterocycles. The van der Waals surface area contributed by atoms with Gasteiger partial charge < -0.3 is 20.6 Å². The van der Waals surface area contributed by atoms with E-state index in [0.29, 0.717) is 42.0 Å². The van der Waals surface area contributed by atoms with E-state index in [9.17, 15) is 9.90 Å². The standard InChI is InChI=1S/C23H30N6O4S/c1-3-14(12-30)8-10-25-21-19(13(2)26-23(29-21)27-15-4-5-15)22-28-20-16(6-7-18(31)33-32)24-11-9-17(20)34-22/h9,11,14-15,30,32H,3-8,10,12H2,1-2H3,(H2,25,26,27,29). The molecule has 1 atom stereocenters. The Hall–Kier alpha value is -2.89. The molecule has 0 aromatic carbocycles. The molecule has 3 aromatic rings. The van der Waals surface area contributed by atoms with Gasteiger partial charge in [-0.05, 0) is 38.2 Å². The number of nitrogens with zero attached hydrogens (tertiary/aromatic N) is 4. The van der Waals surface area contributed by atoms with Gasteiger partial charge in [0.2, 0.25) is 5.95 Å². The molecule has 3 aromatic heterocycles. The van der Waals surface area contributed by atoms with Gasteiger partial charge in [0.05, 0.1) is 28.1 Å². The van der Waals surface area contributed by atoms with E-state index in [2.05, 4.69) is 32.4 Å². The molecule has 0 radical (unpaired) electrons. The zero-order chi connectivity index (χ0) is 24.1. The Morgan fingerprint density at radius 2 is 2.15 bits per heavy atom. The second-order valence-corrected chi connectivity index (χ2v) is 9.56. The second-order valence-electron chi connectivity index (χ2n) is 8.53. The van der Waals surface area contributed by atoms with Crippen LogP contribution in [0.5, 0.6) is 0 Å². The molecule has 0 bridgehead atoms. The maximum absolute atomic E-state index is 11.4. The van der Waals surface area contributed by atoms with Crippen LogP contribution in [-0.2, 0) is 16.1 Å². The minimum absolute atomic E-state index is 0.00933. The third kappa shape index (κ3) is 5.78. The highest BCUT2D eigenvalue weighted by Crippen LogP contribution is 2.37. The van der Waals surface area contributed by atoms with Crippen LogP contribution < -0.4 is 10.6 Å². The number of aliphatic hydroxyl groups excluding tert-OH is 1. The number of hydrogen-bond acceptors (Lipinski definition) is 11. The smallest absolute Gasteiger partial charge is 0.342 e. The molecule has 1 aliphatic carbocycles. The Bertz CT molecular complexity index is 1150. The van der Waals surface area contributed by atoms with Crippen molar-refractivity contribution in [3.05, 3.63) is 23.7 Å². The van der Waals surface area contributed by atoms with E-state index in [-0.39, 0.29) is 18.9 Å². The highest BCUT2D eigenvalue weighted by atomic mass is 32.1. The van der Waals surface area contributed by atoms with Gasteiger partial charge in [-0.3, -0.25) is 4.98 Å². The lowest BCUT2D eigenvalue weighted by Crippen LogP contribution is -2.15. The normalized spacial score (nSPS) is 14.2. The Morgan fingerprint density at radius 1 is 1.32 bits per heavy atom. The Balaban J connectivity index is 1.66. The average molecular weight is 487 g/mol. The lowest BCUT2D eigenvalue weighted by Gasteiger charge is -2.16. The Kier molecular flexibility index (Phi) is 7.86. The van der Waals surface area contributed by atoms with Gasteiger partial charge in [-0.1, -0.05) is 13.3 Å². The number of pyridine rings is 1. The molecule has 0 saturated heterocycles. The predicted molar refractivity (Wildman–Crippen MR) is 131 cm³/mol. The van der Waals surface area contributed by atoms with E-state index in [1.165, 1.54) is 11.3 Å². The van der Waals surface area contributed by atoms with Gasteiger partial charge in [0.1, 0.15) is 16.3 Å². The highest BCUT2D eigenvalue weighted by molar-refractivity contribution is 7.21. The van der Waals surface area contributed by atoms with Crippen LogP contribution >= 0.6 is 11.3 Å². The van der Waals surface area contributed by atoms with Gasteiger partial charge in [0.15, 0.2) is 0 Å². The minimum atomic E-state index is -0.711. The van der Waals surface area contributed by atoms with Crippen molar-refractivity contribution in [2.24, 2.45) is 5.92 Å². The van der Waals surface area contributed by atoms with E-state index in [1.54, 1.807) is 6.20 Å². The zero-order valence-corrected chi connectivity index (χ0v) is 20.2. The van der Waals surface area contributed by atoms with Crippen molar-refractivity contribution in [3.63, 3.8) is 0 Å². The number of hydrogen-bond donors (Lipinski definition) is 4. The largest absolute Gasteiger partial charge is 0.396 e. The summed E-state index contributed by atoms with van der Waals surface area (Å²) in [5, 5.41) is 25.7. The summed E-state index contributed by atoms with van der Waals surface area (Å²) in [6.07, 6.45) is 6.00. The molecule has 10 nitrogen and oxygen atoms in total. The molecule has 4 N–H and O–H groups in total. The van der Waals surface area contributed by atoms with Gasteiger partial charge in [-0.2, -0.15) is 10.2 Å². The summed E-state index contributed by atoms with van der Waals surface area (Å²) < 4.78 is 0.939. The first-order valence-electron chi connectivity index (χ1n) is 11.6. The summed E-state index contributed by atoms with van der Waals surface area (Å²) in [7, 11) is 0. The lowest BCUT2D eigenvalue weighted by atomic mass is 10.0. The molecule has 1 unspecified atom stereocenters. The van der Waals surface area contributed by atoms with Crippen LogP contribution in [0.15, 0.2) is 12.3 Å². The molecule has 182 valence electrons. The molecule has 11 heteroatoms. The Morgan fingerprint density at radius 3 is 2.85 bits per heavy atom. The molecule has 34 heavy (non-hydrogen) atoms. The van der Waals surface area contributed by atoms with Crippen molar-refractivity contribution in [2.75, 3.05) is 23.8 Å². The SMILES string of the molecule is CCC(CO)CCNc1nc(NC2CC2)nc(C)c1-c1nc2c(CCC(=O)OO)nccc2s1. The summed E-state index contributed by atoms with van der Waals surface area (Å²) in [4.78, 5) is 33.8. The van der Waals surface area contributed by atoms with Crippen LogP contribution in [0, 0.1) is 12.8 Å². The fourth-order valence-electron chi connectivity index (χ4n) is 3.71. The summed E-state index contributed by atoms with van der Waals surface area (Å²) in [5.41, 5.74) is 3.02. The molecule has 0 aliphatic heterocycles. The quantitative estimate of drug-likeness (QED) is 0.220. The van der Waals surface area contributed by atoms with Gasteiger partial charge in [0, 0.05) is 31.8 Å². The molecule has 0 amide bonds. The number of anilines is 2. The molecule has 1 saturated carbocycles. The monoisotopic (exact) mass is 486 g/mol. The maximum atomic E-state index is 11.4. The van der Waals surface area contributed by atoms with E-state index >= 15 is 0 Å². The first kappa shape index (κ1) is 24.2. The van der Waals surface area contributed by atoms with Crippen molar-refractivity contribution in [1.29, 1.82) is 0 Å². The summed E-state index contributed by atoms with van der Waals surface area (Å²) in [5.74, 6) is 0.842. The highest BCUT2D eigenvalue weighted by Gasteiger charge is 2.24. The molecule has 1 aliphatic rings. The number of fused-ring (bicyclic) bond motifs is 1. The van der Waals surface area contributed by atoms with Gasteiger partial charge in [-0.25, -0.2) is 14.8 Å². The van der Waals surface area contributed by atoms with E-state index in [1.807, 2.05) is 13.0 Å². The summed E-state index contributed by atoms with van der Waals surface area (Å²) in [6.45, 7) is 4.86. The number of carbonyl (C=O) groups is 1. The predicted octanol–water partition coefficient (Wildman–Crippen LogP) is 3.80. The molecule has 0 spiro atoms. The molecular weight excluding hydrogens is 456 g/mol. The summed E-state index contributed by atoms with van der Waals surface area (Å²) >= 11 is 1.52. The molecular formula is C23H30N6O4S. The number of aromatic nitrogens is 4. The second kappa shape index (κ2) is 11.0. The van der Waals surface area contributed by atoms with Crippen molar-refractivity contribution in [3.8, 4) is 10.6 Å². The van der Waals surface area contributed by atoms with E-state index in [0.717, 1.165) is 46.6 Å². The van der Waals surface area contributed by atoms with Crippen molar-refractivity contribution in [1.82, 2.24) is 19.9 Å². The minimum Gasteiger partial charge on any atom is -0.396 e. The van der Waals surface area contributed by atoms with Crippen LogP contribution in [-0.4, -0.2) is 55.5 Å². The first-order valence-corrected chi connectivity index (χ1v) is 12.4. The fourth-order valence-corrected chi connectivity index (χ4v) is 4.80. The zero-order valence-electron chi connectivity index (χ0n) is 19.4. The number of carbonyl (C=O) groups excluding carboxylic acids is 1. The van der Waals surface area contributed by atoms with E-state index < -0.39 is 5.97 Å². The number of aryl methyl sites for hydroxylation is 2. The third-order valence-corrected chi connectivity index (χ3v) is 6.98. The number of nitrogens with one attached hydrogen (secondary N) is 2. The van der Waals surface area contributed by atoms with Crippen LogP contribution in [0.2, 0.25) is 0 Å². The van der Waals surface area contributed by atoms with Gasteiger partial charge in [-0.15, -0.1) is 11.3 Å². The van der Waals surface area contributed by atoms with E-state index in [4.69, 9.17) is 15.2 Å². The fraction of sp³-hybridized carbons (Fsp3) is 0.522. The maximum Gasteiger partial charge on any atom is 0.342 e. The number of thiazole rings is 1. The lowest BCUT2D eigenvalue weighted by molar-refractivity contribution is -0.234. The van der Waals surface area contributed by atoms with Crippen molar-refractivity contribution < 1.29 is 20.0 Å². The van der Waals surface area contributed by atoms with Crippen LogP contribution in [0.3, 0.4) is 0 Å². The first-order chi connectivity index (χ1) is 16.5. The topological polar surface area (TPSA) is 142 Å². The molecule has 4 rings (SSSR count).